The van der Waals surface area contributed by atoms with Gasteiger partial charge in [0, 0.05) is 24.8 Å². The molecule has 0 spiro atoms. The van der Waals surface area contributed by atoms with Crippen LogP contribution in [0, 0.1) is 6.92 Å². The molecule has 2 N–H and O–H groups in total. The van der Waals surface area contributed by atoms with Crippen molar-refractivity contribution in [3.63, 3.8) is 0 Å². The zero-order valence-electron chi connectivity index (χ0n) is 17.0. The Morgan fingerprint density at radius 2 is 1.86 bits per heavy atom. The van der Waals surface area contributed by atoms with Gasteiger partial charge in [0.05, 0.1) is 24.6 Å². The Morgan fingerprint density at radius 3 is 2.66 bits per heavy atom. The second-order valence-electron chi connectivity index (χ2n) is 7.77. The van der Waals surface area contributed by atoms with Gasteiger partial charge in [-0.1, -0.05) is 31.4 Å². The fourth-order valence-corrected chi connectivity index (χ4v) is 4.03. The molecule has 1 amide bonds. The van der Waals surface area contributed by atoms with Crippen LogP contribution < -0.4 is 15.5 Å². The number of hydrogen-bond acceptors (Lipinski definition) is 6. The molecule has 154 valence electrons. The molecule has 2 fully saturated rings. The van der Waals surface area contributed by atoms with Crippen molar-refractivity contribution in [1.29, 1.82) is 0 Å². The van der Waals surface area contributed by atoms with Gasteiger partial charge in [0.25, 0.3) is 5.91 Å². The molecule has 2 aliphatic rings. The largest absolute Gasteiger partial charge is 0.378 e. The number of ether oxygens (including phenoxy) is 1. The molecule has 0 bridgehead atoms. The van der Waals surface area contributed by atoms with Crippen molar-refractivity contribution in [2.45, 2.75) is 45.1 Å². The molecule has 0 unspecified atom stereocenters. The van der Waals surface area contributed by atoms with Gasteiger partial charge in [-0.15, -0.1) is 0 Å². The first kappa shape index (κ1) is 19.6. The highest BCUT2D eigenvalue weighted by Crippen LogP contribution is 2.28. The van der Waals surface area contributed by atoms with Crippen LogP contribution in [0.25, 0.3) is 0 Å². The van der Waals surface area contributed by atoms with E-state index >= 15 is 0 Å². The number of carbonyl (C=O) groups excluding carboxylic acids is 1. The molecule has 7 heteroatoms. The Kier molecular flexibility index (Phi) is 6.24. The molecule has 4 rings (SSSR count). The molecule has 1 aromatic heterocycles. The minimum Gasteiger partial charge on any atom is -0.378 e. The quantitative estimate of drug-likeness (QED) is 0.808. The molecule has 1 aliphatic heterocycles. The van der Waals surface area contributed by atoms with Gasteiger partial charge in [-0.05, 0) is 38.0 Å². The van der Waals surface area contributed by atoms with Crippen LogP contribution in [-0.2, 0) is 4.74 Å². The maximum Gasteiger partial charge on any atom is 0.270 e. The summed E-state index contributed by atoms with van der Waals surface area (Å²) >= 11 is 0. The van der Waals surface area contributed by atoms with Gasteiger partial charge >= 0.3 is 0 Å². The van der Waals surface area contributed by atoms with E-state index in [1.165, 1.54) is 19.3 Å². The highest BCUT2D eigenvalue weighted by atomic mass is 16.5. The van der Waals surface area contributed by atoms with Crippen LogP contribution in [0.1, 0.15) is 48.3 Å². The van der Waals surface area contributed by atoms with E-state index in [0.717, 1.165) is 56.2 Å². The summed E-state index contributed by atoms with van der Waals surface area (Å²) in [4.78, 5) is 24.0. The van der Waals surface area contributed by atoms with Crippen molar-refractivity contribution in [2.24, 2.45) is 0 Å². The van der Waals surface area contributed by atoms with Crippen LogP contribution in [0.4, 0.5) is 17.3 Å². The molecule has 0 radical (unpaired) electrons. The van der Waals surface area contributed by atoms with Crippen molar-refractivity contribution in [3.05, 3.63) is 41.7 Å². The molecule has 1 aliphatic carbocycles. The predicted molar refractivity (Wildman–Crippen MR) is 114 cm³/mol. The third-order valence-electron chi connectivity index (χ3n) is 5.53. The number of nitrogens with zero attached hydrogens (tertiary/aromatic N) is 3. The Hall–Kier alpha value is -2.67. The Labute approximate surface area is 171 Å². The first-order chi connectivity index (χ1) is 14.2. The number of carbonyl (C=O) groups is 1. The molecule has 29 heavy (non-hydrogen) atoms. The Bertz CT molecular complexity index is 845. The van der Waals surface area contributed by atoms with E-state index in [9.17, 15) is 4.79 Å². The highest BCUT2D eigenvalue weighted by molar-refractivity contribution is 5.93. The van der Waals surface area contributed by atoms with Gasteiger partial charge in [-0.3, -0.25) is 4.79 Å². The number of aryl methyl sites for hydroxylation is 1. The molecule has 1 saturated carbocycles. The zero-order valence-corrected chi connectivity index (χ0v) is 17.0. The lowest BCUT2D eigenvalue weighted by atomic mass is 9.95. The summed E-state index contributed by atoms with van der Waals surface area (Å²) in [5.74, 6) is 0.325. The number of morpholine rings is 1. The predicted octanol–water partition coefficient (Wildman–Crippen LogP) is 3.43. The summed E-state index contributed by atoms with van der Waals surface area (Å²) in [7, 11) is 0. The van der Waals surface area contributed by atoms with E-state index in [-0.39, 0.29) is 11.9 Å². The van der Waals surface area contributed by atoms with Crippen molar-refractivity contribution in [3.8, 4) is 0 Å². The summed E-state index contributed by atoms with van der Waals surface area (Å²) in [5, 5.41) is 6.46. The van der Waals surface area contributed by atoms with Gasteiger partial charge in [0.2, 0.25) is 5.95 Å². The zero-order chi connectivity index (χ0) is 20.1. The van der Waals surface area contributed by atoms with E-state index in [1.807, 2.05) is 25.1 Å². The van der Waals surface area contributed by atoms with Crippen molar-refractivity contribution in [1.82, 2.24) is 15.3 Å². The number of hydrogen-bond donors (Lipinski definition) is 2. The number of anilines is 3. The molecular weight excluding hydrogens is 366 g/mol. The van der Waals surface area contributed by atoms with Gasteiger partial charge < -0.3 is 20.3 Å². The number of para-hydroxylation sites is 2. The average Bonchev–Trinajstić information content (AvgIpc) is 2.75. The SMILES string of the molecule is Cc1cc(C(=O)NC2CCCCC2)nc(Nc2ccccc2N2CCOCC2)n1. The molecule has 1 saturated heterocycles. The van der Waals surface area contributed by atoms with E-state index < -0.39 is 0 Å². The van der Waals surface area contributed by atoms with Crippen molar-refractivity contribution in [2.75, 3.05) is 36.5 Å². The Balaban J connectivity index is 1.51. The van der Waals surface area contributed by atoms with Crippen LogP contribution >= 0.6 is 0 Å². The van der Waals surface area contributed by atoms with Gasteiger partial charge in [-0.25, -0.2) is 9.97 Å². The highest BCUT2D eigenvalue weighted by Gasteiger charge is 2.19. The summed E-state index contributed by atoms with van der Waals surface area (Å²) in [6.07, 6.45) is 5.72. The number of amides is 1. The van der Waals surface area contributed by atoms with Crippen LogP contribution in [0.3, 0.4) is 0 Å². The average molecular weight is 396 g/mol. The molecule has 1 aromatic carbocycles. The summed E-state index contributed by atoms with van der Waals surface area (Å²) in [5.41, 5.74) is 3.20. The van der Waals surface area contributed by atoms with Gasteiger partial charge in [0.15, 0.2) is 0 Å². The molecular formula is C22H29N5O2. The summed E-state index contributed by atoms with van der Waals surface area (Å²) < 4.78 is 5.47. The number of rotatable bonds is 5. The molecule has 7 nitrogen and oxygen atoms in total. The third kappa shape index (κ3) is 5.03. The topological polar surface area (TPSA) is 79.4 Å². The minimum atomic E-state index is -0.119. The van der Waals surface area contributed by atoms with Gasteiger partial charge in [-0.2, -0.15) is 0 Å². The molecule has 2 heterocycles. The maximum atomic E-state index is 12.7. The van der Waals surface area contributed by atoms with Crippen LogP contribution in [0.2, 0.25) is 0 Å². The second-order valence-corrected chi connectivity index (χ2v) is 7.77. The fraction of sp³-hybridized carbons (Fsp3) is 0.500. The standard InChI is InChI=1S/C22H29N5O2/c1-16-15-19(21(28)24-17-7-3-2-4-8-17)26-22(23-16)25-18-9-5-6-10-20(18)27-11-13-29-14-12-27/h5-6,9-10,15,17H,2-4,7-8,11-14H2,1H3,(H,24,28)(H,23,25,26). The van der Waals surface area contributed by atoms with Crippen LogP contribution in [0.5, 0.6) is 0 Å². The fourth-order valence-electron chi connectivity index (χ4n) is 4.03. The summed E-state index contributed by atoms with van der Waals surface area (Å²) in [6.45, 7) is 5.03. The van der Waals surface area contributed by atoms with E-state index in [4.69, 9.17) is 4.74 Å². The number of aromatic nitrogens is 2. The molecule has 0 atom stereocenters. The lowest BCUT2D eigenvalue weighted by Crippen LogP contribution is -2.37. The van der Waals surface area contributed by atoms with Crippen molar-refractivity contribution >= 4 is 23.2 Å². The maximum absolute atomic E-state index is 12.7. The Morgan fingerprint density at radius 1 is 1.10 bits per heavy atom. The van der Waals surface area contributed by atoms with E-state index in [1.54, 1.807) is 6.07 Å². The number of benzene rings is 1. The first-order valence-electron chi connectivity index (χ1n) is 10.5. The van der Waals surface area contributed by atoms with Crippen LogP contribution in [0.15, 0.2) is 30.3 Å². The monoisotopic (exact) mass is 395 g/mol. The smallest absolute Gasteiger partial charge is 0.270 e. The van der Waals surface area contributed by atoms with Gasteiger partial charge in [0.1, 0.15) is 5.69 Å². The third-order valence-corrected chi connectivity index (χ3v) is 5.53. The lowest BCUT2D eigenvalue weighted by molar-refractivity contribution is 0.0922. The molecule has 2 aromatic rings. The van der Waals surface area contributed by atoms with Crippen molar-refractivity contribution < 1.29 is 9.53 Å². The van der Waals surface area contributed by atoms with E-state index in [2.05, 4.69) is 31.6 Å². The first-order valence-corrected chi connectivity index (χ1v) is 10.5. The lowest BCUT2D eigenvalue weighted by Gasteiger charge is -2.30. The normalized spacial score (nSPS) is 17.8. The van der Waals surface area contributed by atoms with E-state index in [0.29, 0.717) is 11.6 Å². The second kappa shape index (κ2) is 9.22. The van der Waals surface area contributed by atoms with Crippen LogP contribution in [-0.4, -0.2) is 48.2 Å². The minimum absolute atomic E-state index is 0.119. The summed E-state index contributed by atoms with van der Waals surface area (Å²) in [6, 6.07) is 10.1. The number of nitrogens with one attached hydrogen (secondary N) is 2.